The Labute approximate surface area is 120 Å². The molecule has 108 valence electrons. The number of hydrogen-bond donors (Lipinski definition) is 1. The summed E-state index contributed by atoms with van der Waals surface area (Å²) in [5.74, 6) is 0.00106. The number of aliphatic carboxylic acids is 1. The van der Waals surface area contributed by atoms with E-state index in [0.717, 1.165) is 19.5 Å². The fourth-order valence-corrected chi connectivity index (χ4v) is 3.73. The summed E-state index contributed by atoms with van der Waals surface area (Å²) >= 11 is 0. The predicted octanol–water partition coefficient (Wildman–Crippen LogP) is 3.05. The lowest BCUT2D eigenvalue weighted by Gasteiger charge is -2.41. The Kier molecular flexibility index (Phi) is 4.06. The van der Waals surface area contributed by atoms with E-state index in [-0.39, 0.29) is 0 Å². The first-order valence-corrected chi connectivity index (χ1v) is 7.77. The van der Waals surface area contributed by atoms with Crippen LogP contribution in [0.1, 0.15) is 49.1 Å². The monoisotopic (exact) mass is 273 g/mol. The third-order valence-electron chi connectivity index (χ3n) is 4.86. The Bertz CT molecular complexity index is 486. The molecule has 1 aromatic rings. The van der Waals surface area contributed by atoms with Crippen molar-refractivity contribution in [3.8, 4) is 0 Å². The summed E-state index contributed by atoms with van der Waals surface area (Å²) in [7, 11) is 0. The van der Waals surface area contributed by atoms with Crippen molar-refractivity contribution in [1.82, 2.24) is 4.90 Å². The molecule has 1 heterocycles. The van der Waals surface area contributed by atoms with Gasteiger partial charge in [-0.25, -0.2) is 0 Å². The highest BCUT2D eigenvalue weighted by Gasteiger charge is 2.31. The Balaban J connectivity index is 1.59. The van der Waals surface area contributed by atoms with Crippen molar-refractivity contribution >= 4 is 5.97 Å². The molecule has 3 nitrogen and oxygen atoms in total. The number of carbonyl (C=O) groups is 1. The maximum atomic E-state index is 10.8. The summed E-state index contributed by atoms with van der Waals surface area (Å²) in [5.41, 5.74) is 3.01. The molecule has 2 atom stereocenters. The smallest absolute Gasteiger partial charge is 0.303 e. The van der Waals surface area contributed by atoms with Crippen LogP contribution in [0.15, 0.2) is 24.3 Å². The molecule has 3 rings (SSSR count). The Hall–Kier alpha value is -1.35. The molecule has 2 aliphatic rings. The average molecular weight is 273 g/mol. The normalized spacial score (nSPS) is 25.8. The first kappa shape index (κ1) is 13.6. The topological polar surface area (TPSA) is 40.5 Å². The highest BCUT2D eigenvalue weighted by atomic mass is 16.4. The molecule has 1 aliphatic carbocycles. The SMILES string of the molecule is O=C(O)CCC1CCCCN1CC1Cc2ccccc21. The fraction of sp³-hybridized carbons (Fsp3) is 0.588. The van der Waals surface area contributed by atoms with E-state index in [1.54, 1.807) is 0 Å². The molecular formula is C17H23NO2. The zero-order valence-electron chi connectivity index (χ0n) is 11.9. The summed E-state index contributed by atoms with van der Waals surface area (Å²) in [6.07, 6.45) is 5.99. The highest BCUT2D eigenvalue weighted by Crippen LogP contribution is 2.36. The molecule has 20 heavy (non-hydrogen) atoms. The summed E-state index contributed by atoms with van der Waals surface area (Å²) in [6.45, 7) is 2.25. The number of fused-ring (bicyclic) bond motifs is 1. The quantitative estimate of drug-likeness (QED) is 0.896. The molecule has 1 aromatic carbocycles. The Morgan fingerprint density at radius 3 is 2.95 bits per heavy atom. The molecule has 1 saturated heterocycles. The predicted molar refractivity (Wildman–Crippen MR) is 79.0 cm³/mol. The van der Waals surface area contributed by atoms with E-state index < -0.39 is 5.97 Å². The first-order valence-electron chi connectivity index (χ1n) is 7.77. The summed E-state index contributed by atoms with van der Waals surface area (Å²) < 4.78 is 0. The van der Waals surface area contributed by atoms with Crippen molar-refractivity contribution in [3.63, 3.8) is 0 Å². The van der Waals surface area contributed by atoms with Gasteiger partial charge < -0.3 is 5.11 Å². The van der Waals surface area contributed by atoms with Crippen molar-refractivity contribution in [3.05, 3.63) is 35.4 Å². The zero-order valence-corrected chi connectivity index (χ0v) is 11.9. The van der Waals surface area contributed by atoms with Gasteiger partial charge in [0.05, 0.1) is 0 Å². The number of hydrogen-bond acceptors (Lipinski definition) is 2. The van der Waals surface area contributed by atoms with Gasteiger partial charge in [0.1, 0.15) is 0 Å². The minimum Gasteiger partial charge on any atom is -0.481 e. The van der Waals surface area contributed by atoms with Crippen molar-refractivity contribution in [1.29, 1.82) is 0 Å². The van der Waals surface area contributed by atoms with Crippen LogP contribution in [0, 0.1) is 0 Å². The molecule has 0 spiro atoms. The zero-order chi connectivity index (χ0) is 13.9. The number of carboxylic acids is 1. The van der Waals surface area contributed by atoms with Crippen molar-refractivity contribution in [2.45, 2.75) is 50.5 Å². The minimum absolute atomic E-state index is 0.308. The summed E-state index contributed by atoms with van der Waals surface area (Å²) in [5, 5.41) is 8.88. The fourth-order valence-electron chi connectivity index (χ4n) is 3.73. The van der Waals surface area contributed by atoms with Gasteiger partial charge in [0, 0.05) is 24.9 Å². The molecular weight excluding hydrogens is 250 g/mol. The molecule has 0 aromatic heterocycles. The van der Waals surface area contributed by atoms with Crippen LogP contribution in [-0.2, 0) is 11.2 Å². The number of nitrogens with zero attached hydrogens (tertiary/aromatic N) is 1. The second-order valence-corrected chi connectivity index (χ2v) is 6.18. The lowest BCUT2D eigenvalue weighted by Crippen LogP contribution is -2.43. The lowest BCUT2D eigenvalue weighted by atomic mass is 9.77. The molecule has 1 fully saturated rings. The first-order chi connectivity index (χ1) is 9.74. The van der Waals surface area contributed by atoms with Gasteiger partial charge in [-0.1, -0.05) is 30.7 Å². The van der Waals surface area contributed by atoms with E-state index >= 15 is 0 Å². The van der Waals surface area contributed by atoms with Gasteiger partial charge >= 0.3 is 5.97 Å². The van der Waals surface area contributed by atoms with Crippen molar-refractivity contribution < 1.29 is 9.90 Å². The van der Waals surface area contributed by atoms with Crippen LogP contribution in [0.2, 0.25) is 0 Å². The number of rotatable bonds is 5. The van der Waals surface area contributed by atoms with Gasteiger partial charge in [-0.15, -0.1) is 0 Å². The summed E-state index contributed by atoms with van der Waals surface area (Å²) in [6, 6.07) is 9.20. The van der Waals surface area contributed by atoms with E-state index in [1.165, 1.54) is 36.8 Å². The third-order valence-corrected chi connectivity index (χ3v) is 4.86. The van der Waals surface area contributed by atoms with Crippen LogP contribution in [0.5, 0.6) is 0 Å². The minimum atomic E-state index is -0.662. The molecule has 1 N–H and O–H groups in total. The number of benzene rings is 1. The van der Waals surface area contributed by atoms with Crippen molar-refractivity contribution in [2.75, 3.05) is 13.1 Å². The van der Waals surface area contributed by atoms with E-state index in [2.05, 4.69) is 29.2 Å². The van der Waals surface area contributed by atoms with Crippen LogP contribution < -0.4 is 0 Å². The van der Waals surface area contributed by atoms with Crippen LogP contribution >= 0.6 is 0 Å². The second-order valence-electron chi connectivity index (χ2n) is 6.18. The molecule has 0 saturated carbocycles. The molecule has 3 heteroatoms. The lowest BCUT2D eigenvalue weighted by molar-refractivity contribution is -0.137. The van der Waals surface area contributed by atoms with Crippen LogP contribution in [0.3, 0.4) is 0 Å². The van der Waals surface area contributed by atoms with Gasteiger partial charge in [0.15, 0.2) is 0 Å². The van der Waals surface area contributed by atoms with Crippen LogP contribution in [0.25, 0.3) is 0 Å². The van der Waals surface area contributed by atoms with E-state index in [1.807, 2.05) is 0 Å². The molecule has 2 unspecified atom stereocenters. The Morgan fingerprint density at radius 2 is 2.15 bits per heavy atom. The molecule has 0 radical (unpaired) electrons. The largest absolute Gasteiger partial charge is 0.481 e. The van der Waals surface area contributed by atoms with Gasteiger partial charge in [-0.05, 0) is 43.4 Å². The maximum absolute atomic E-state index is 10.8. The molecule has 0 amide bonds. The van der Waals surface area contributed by atoms with Crippen LogP contribution in [0.4, 0.5) is 0 Å². The van der Waals surface area contributed by atoms with Gasteiger partial charge in [-0.3, -0.25) is 9.69 Å². The second kappa shape index (κ2) is 5.96. The van der Waals surface area contributed by atoms with Gasteiger partial charge in [0.2, 0.25) is 0 Å². The standard InChI is InChI=1S/C17H23NO2/c19-17(20)9-8-15-6-3-4-10-18(15)12-14-11-13-5-1-2-7-16(13)14/h1-2,5,7,14-15H,3-4,6,8-12H2,(H,19,20). The van der Waals surface area contributed by atoms with Gasteiger partial charge in [-0.2, -0.15) is 0 Å². The molecule has 0 bridgehead atoms. The number of carboxylic acid groups (broad SMARTS) is 1. The average Bonchev–Trinajstić information content (AvgIpc) is 2.43. The van der Waals surface area contributed by atoms with Gasteiger partial charge in [0.25, 0.3) is 0 Å². The number of likely N-dealkylation sites (tertiary alicyclic amines) is 1. The highest BCUT2D eigenvalue weighted by molar-refractivity contribution is 5.66. The number of piperidine rings is 1. The van der Waals surface area contributed by atoms with E-state index in [0.29, 0.717) is 18.4 Å². The van der Waals surface area contributed by atoms with E-state index in [4.69, 9.17) is 5.11 Å². The van der Waals surface area contributed by atoms with E-state index in [9.17, 15) is 4.79 Å². The molecule has 1 aliphatic heterocycles. The maximum Gasteiger partial charge on any atom is 0.303 e. The Morgan fingerprint density at radius 1 is 1.30 bits per heavy atom. The van der Waals surface area contributed by atoms with Crippen LogP contribution in [-0.4, -0.2) is 35.1 Å². The summed E-state index contributed by atoms with van der Waals surface area (Å²) in [4.78, 5) is 13.3. The van der Waals surface area contributed by atoms with Crippen molar-refractivity contribution in [2.24, 2.45) is 0 Å². The third kappa shape index (κ3) is 2.88.